The van der Waals surface area contributed by atoms with Gasteiger partial charge in [0.15, 0.2) is 0 Å². The molecule has 1 aromatic carbocycles. The van der Waals surface area contributed by atoms with Crippen LogP contribution in [0.1, 0.15) is 16.8 Å². The van der Waals surface area contributed by atoms with E-state index < -0.39 is 0 Å². The van der Waals surface area contributed by atoms with Crippen molar-refractivity contribution in [2.45, 2.75) is 23.6 Å². The lowest BCUT2D eigenvalue weighted by Crippen LogP contribution is -2.12. The Morgan fingerprint density at radius 3 is 2.72 bits per heavy atom. The number of aromatic nitrogens is 1. The second-order valence-corrected chi connectivity index (χ2v) is 5.28. The lowest BCUT2D eigenvalue weighted by atomic mass is 10.2. The Kier molecular flexibility index (Phi) is 3.67. The summed E-state index contributed by atoms with van der Waals surface area (Å²) in [5, 5.41) is 7.39. The van der Waals surface area contributed by atoms with Crippen molar-refractivity contribution in [1.29, 1.82) is 5.41 Å². The second-order valence-electron chi connectivity index (χ2n) is 4.16. The molecule has 1 aromatic heterocycles. The minimum Gasteiger partial charge on any atom is -0.382 e. The molecule has 92 valence electrons. The zero-order valence-electron chi connectivity index (χ0n) is 10.4. The van der Waals surface area contributed by atoms with E-state index in [-0.39, 0.29) is 5.84 Å². The van der Waals surface area contributed by atoms with Gasteiger partial charge in [0.05, 0.1) is 0 Å². The normalized spacial score (nSPS) is 10.3. The molecule has 3 nitrogen and oxygen atoms in total. The fraction of sp³-hybridized carbons (Fsp3) is 0.143. The van der Waals surface area contributed by atoms with Crippen LogP contribution >= 0.6 is 11.8 Å². The van der Waals surface area contributed by atoms with Gasteiger partial charge in [-0.1, -0.05) is 23.9 Å². The van der Waals surface area contributed by atoms with Crippen LogP contribution in [0.2, 0.25) is 0 Å². The van der Waals surface area contributed by atoms with E-state index in [0.29, 0.717) is 5.69 Å². The molecular formula is C14H15N3S. The highest BCUT2D eigenvalue weighted by atomic mass is 32.2. The molecule has 0 radical (unpaired) electrons. The van der Waals surface area contributed by atoms with Crippen molar-refractivity contribution in [2.24, 2.45) is 5.73 Å². The van der Waals surface area contributed by atoms with E-state index in [0.717, 1.165) is 4.90 Å². The molecular weight excluding hydrogens is 242 g/mol. The van der Waals surface area contributed by atoms with Crippen LogP contribution in [0.5, 0.6) is 0 Å². The molecule has 0 amide bonds. The lowest BCUT2D eigenvalue weighted by molar-refractivity contribution is 1.20. The SMILES string of the molecule is Cc1ccc(C)c(Sc2ccnc(C(=N)N)c2)c1. The highest BCUT2D eigenvalue weighted by Crippen LogP contribution is 2.30. The van der Waals surface area contributed by atoms with Crippen LogP contribution in [-0.2, 0) is 0 Å². The zero-order valence-corrected chi connectivity index (χ0v) is 11.2. The Morgan fingerprint density at radius 1 is 1.22 bits per heavy atom. The monoisotopic (exact) mass is 257 g/mol. The Morgan fingerprint density at radius 2 is 2.00 bits per heavy atom. The maximum Gasteiger partial charge on any atom is 0.141 e. The largest absolute Gasteiger partial charge is 0.382 e. The summed E-state index contributed by atoms with van der Waals surface area (Å²) in [4.78, 5) is 6.32. The van der Waals surface area contributed by atoms with E-state index >= 15 is 0 Å². The van der Waals surface area contributed by atoms with Gasteiger partial charge >= 0.3 is 0 Å². The predicted molar refractivity (Wildman–Crippen MR) is 75.3 cm³/mol. The number of nitrogens with two attached hydrogens (primary N) is 1. The Balaban J connectivity index is 2.31. The van der Waals surface area contributed by atoms with Crippen molar-refractivity contribution in [3.05, 3.63) is 53.3 Å². The van der Waals surface area contributed by atoms with Crippen molar-refractivity contribution >= 4 is 17.6 Å². The molecule has 4 heteroatoms. The third-order valence-corrected chi connectivity index (χ3v) is 3.73. The van der Waals surface area contributed by atoms with Gasteiger partial charge in [-0.3, -0.25) is 10.4 Å². The summed E-state index contributed by atoms with van der Waals surface area (Å²) in [5.41, 5.74) is 8.44. The fourth-order valence-electron chi connectivity index (χ4n) is 1.57. The van der Waals surface area contributed by atoms with Crippen LogP contribution < -0.4 is 5.73 Å². The molecule has 0 saturated carbocycles. The number of hydrogen-bond acceptors (Lipinski definition) is 3. The maximum absolute atomic E-state index is 7.39. The zero-order chi connectivity index (χ0) is 13.1. The molecule has 18 heavy (non-hydrogen) atoms. The number of nitrogen functional groups attached to an aromatic ring is 1. The van der Waals surface area contributed by atoms with E-state index in [2.05, 4.69) is 37.0 Å². The first-order chi connectivity index (χ1) is 8.56. The average molecular weight is 257 g/mol. The van der Waals surface area contributed by atoms with Gasteiger partial charge in [0.2, 0.25) is 0 Å². The topological polar surface area (TPSA) is 62.8 Å². The maximum atomic E-state index is 7.39. The Hall–Kier alpha value is -1.81. The summed E-state index contributed by atoms with van der Waals surface area (Å²) in [6.07, 6.45) is 1.68. The molecule has 0 bridgehead atoms. The highest BCUT2D eigenvalue weighted by Gasteiger charge is 2.04. The summed E-state index contributed by atoms with van der Waals surface area (Å²) in [5.74, 6) is -0.00147. The number of nitrogens with one attached hydrogen (secondary N) is 1. The van der Waals surface area contributed by atoms with Gasteiger partial charge in [-0.25, -0.2) is 0 Å². The van der Waals surface area contributed by atoms with Gasteiger partial charge in [0, 0.05) is 16.0 Å². The second kappa shape index (κ2) is 5.23. The molecule has 0 atom stereocenters. The minimum atomic E-state index is -0.00147. The average Bonchev–Trinajstić information content (AvgIpc) is 2.34. The van der Waals surface area contributed by atoms with Gasteiger partial charge in [-0.2, -0.15) is 0 Å². The molecule has 0 spiro atoms. The van der Waals surface area contributed by atoms with E-state index in [1.165, 1.54) is 16.0 Å². The minimum absolute atomic E-state index is 0.00147. The lowest BCUT2D eigenvalue weighted by Gasteiger charge is -2.07. The molecule has 0 aliphatic carbocycles. The molecule has 0 aliphatic heterocycles. The molecule has 0 saturated heterocycles. The number of rotatable bonds is 3. The highest BCUT2D eigenvalue weighted by molar-refractivity contribution is 7.99. The van der Waals surface area contributed by atoms with Crippen LogP contribution in [-0.4, -0.2) is 10.8 Å². The number of benzene rings is 1. The van der Waals surface area contributed by atoms with Crippen molar-refractivity contribution < 1.29 is 0 Å². The first-order valence-electron chi connectivity index (χ1n) is 5.62. The van der Waals surface area contributed by atoms with Gasteiger partial charge < -0.3 is 5.73 Å². The first kappa shape index (κ1) is 12.6. The molecule has 2 rings (SSSR count). The molecule has 3 N–H and O–H groups in total. The van der Waals surface area contributed by atoms with E-state index in [4.69, 9.17) is 11.1 Å². The summed E-state index contributed by atoms with van der Waals surface area (Å²) in [6, 6.07) is 10.2. The summed E-state index contributed by atoms with van der Waals surface area (Å²) in [6.45, 7) is 4.17. The standard InChI is InChI=1S/C14H15N3S/c1-9-3-4-10(2)13(7-9)18-11-5-6-17-12(8-11)14(15)16/h3-8H,1-2H3,(H3,15,16). The molecule has 0 unspecified atom stereocenters. The smallest absolute Gasteiger partial charge is 0.141 e. The Bertz CT molecular complexity index is 593. The van der Waals surface area contributed by atoms with Crippen LogP contribution in [0.25, 0.3) is 0 Å². The van der Waals surface area contributed by atoms with Crippen LogP contribution in [0.4, 0.5) is 0 Å². The Labute approximate surface area is 111 Å². The van der Waals surface area contributed by atoms with Gasteiger partial charge in [0.25, 0.3) is 0 Å². The fourth-order valence-corrected chi connectivity index (χ4v) is 2.59. The molecule has 1 heterocycles. The number of hydrogen-bond donors (Lipinski definition) is 2. The van der Waals surface area contributed by atoms with Gasteiger partial charge in [0.1, 0.15) is 11.5 Å². The summed E-state index contributed by atoms with van der Waals surface area (Å²) >= 11 is 1.67. The van der Waals surface area contributed by atoms with E-state index in [9.17, 15) is 0 Å². The summed E-state index contributed by atoms with van der Waals surface area (Å²) in [7, 11) is 0. The van der Waals surface area contributed by atoms with Crippen molar-refractivity contribution in [3.8, 4) is 0 Å². The number of amidine groups is 1. The predicted octanol–water partition coefficient (Wildman–Crippen LogP) is 3.13. The third kappa shape index (κ3) is 2.90. The van der Waals surface area contributed by atoms with Crippen LogP contribution in [0.3, 0.4) is 0 Å². The van der Waals surface area contributed by atoms with Gasteiger partial charge in [-0.05, 0) is 43.2 Å². The molecule has 0 aliphatic rings. The number of pyridine rings is 1. The number of aryl methyl sites for hydroxylation is 2. The van der Waals surface area contributed by atoms with E-state index in [1.807, 2.05) is 12.1 Å². The summed E-state index contributed by atoms with van der Waals surface area (Å²) < 4.78 is 0. The van der Waals surface area contributed by atoms with Crippen molar-refractivity contribution in [1.82, 2.24) is 4.98 Å². The van der Waals surface area contributed by atoms with Crippen molar-refractivity contribution in [2.75, 3.05) is 0 Å². The third-order valence-electron chi connectivity index (χ3n) is 2.58. The molecule has 2 aromatic rings. The quantitative estimate of drug-likeness (QED) is 0.656. The number of nitrogens with zero attached hydrogens (tertiary/aromatic N) is 1. The van der Waals surface area contributed by atoms with Crippen LogP contribution in [0, 0.1) is 19.3 Å². The molecule has 0 fully saturated rings. The van der Waals surface area contributed by atoms with E-state index in [1.54, 1.807) is 18.0 Å². The van der Waals surface area contributed by atoms with Gasteiger partial charge in [-0.15, -0.1) is 0 Å². The first-order valence-corrected chi connectivity index (χ1v) is 6.43. The van der Waals surface area contributed by atoms with Crippen LogP contribution in [0.15, 0.2) is 46.3 Å². The van der Waals surface area contributed by atoms with Crippen molar-refractivity contribution in [3.63, 3.8) is 0 Å².